The molecule has 0 aliphatic rings. The van der Waals surface area contributed by atoms with Crippen LogP contribution in [0.3, 0.4) is 0 Å². The molecule has 5 nitrogen and oxygen atoms in total. The third-order valence-electron chi connectivity index (χ3n) is 3.64. The highest BCUT2D eigenvalue weighted by atomic mass is 16.6. The van der Waals surface area contributed by atoms with Crippen LogP contribution < -0.4 is 5.73 Å². The van der Waals surface area contributed by atoms with Crippen LogP contribution in [0, 0.1) is 5.92 Å². The molecule has 0 bridgehead atoms. The zero-order valence-corrected chi connectivity index (χ0v) is 14.2. The lowest BCUT2D eigenvalue weighted by Gasteiger charge is -2.25. The molecule has 3 N–H and O–H groups in total. The summed E-state index contributed by atoms with van der Waals surface area (Å²) >= 11 is 0. The van der Waals surface area contributed by atoms with Gasteiger partial charge in [0, 0.05) is 6.04 Å². The van der Waals surface area contributed by atoms with Crippen molar-refractivity contribution in [2.75, 3.05) is 0 Å². The van der Waals surface area contributed by atoms with Gasteiger partial charge in [-0.05, 0) is 43.5 Å². The van der Waals surface area contributed by atoms with Crippen LogP contribution in [-0.2, 0) is 20.7 Å². The fourth-order valence-corrected chi connectivity index (χ4v) is 2.58. The van der Waals surface area contributed by atoms with Crippen molar-refractivity contribution in [1.29, 1.82) is 0 Å². The normalized spacial score (nSPS) is 14.2. The van der Waals surface area contributed by atoms with E-state index in [0.717, 1.165) is 16.3 Å². The average molecular weight is 329 g/mol. The number of hydrogen-bond donors (Lipinski definition) is 2. The van der Waals surface area contributed by atoms with Gasteiger partial charge in [0.25, 0.3) is 0 Å². The number of carboxylic acids is 1. The SMILES string of the molecule is CC(C)(C)OC(=O)[C@@H](C(=O)O)C(N)Cc1ccc2ccccc2c1. The van der Waals surface area contributed by atoms with E-state index in [1.807, 2.05) is 42.5 Å². The Balaban J connectivity index is 2.18. The molecule has 1 unspecified atom stereocenters. The molecule has 0 saturated carbocycles. The Bertz CT molecular complexity index is 748. The minimum absolute atomic E-state index is 0.279. The highest BCUT2D eigenvalue weighted by molar-refractivity contribution is 5.95. The van der Waals surface area contributed by atoms with Crippen LogP contribution in [0.4, 0.5) is 0 Å². The molecule has 0 saturated heterocycles. The molecule has 24 heavy (non-hydrogen) atoms. The van der Waals surface area contributed by atoms with E-state index in [1.54, 1.807) is 20.8 Å². The summed E-state index contributed by atoms with van der Waals surface area (Å²) in [7, 11) is 0. The van der Waals surface area contributed by atoms with Gasteiger partial charge >= 0.3 is 11.9 Å². The van der Waals surface area contributed by atoms with Crippen LogP contribution in [0.2, 0.25) is 0 Å². The maximum absolute atomic E-state index is 12.2. The van der Waals surface area contributed by atoms with E-state index in [2.05, 4.69) is 0 Å². The van der Waals surface area contributed by atoms with E-state index in [4.69, 9.17) is 10.5 Å². The highest BCUT2D eigenvalue weighted by Crippen LogP contribution is 2.20. The lowest BCUT2D eigenvalue weighted by atomic mass is 9.93. The molecule has 0 fully saturated rings. The van der Waals surface area contributed by atoms with E-state index in [0.29, 0.717) is 0 Å². The molecule has 0 spiro atoms. The van der Waals surface area contributed by atoms with Gasteiger partial charge in [-0.1, -0.05) is 42.5 Å². The van der Waals surface area contributed by atoms with E-state index >= 15 is 0 Å². The van der Waals surface area contributed by atoms with Crippen LogP contribution in [0.1, 0.15) is 26.3 Å². The number of esters is 1. The van der Waals surface area contributed by atoms with Crippen LogP contribution in [0.25, 0.3) is 10.8 Å². The van der Waals surface area contributed by atoms with Gasteiger partial charge in [-0.2, -0.15) is 0 Å². The Morgan fingerprint density at radius 2 is 1.75 bits per heavy atom. The van der Waals surface area contributed by atoms with Gasteiger partial charge in [-0.25, -0.2) is 0 Å². The molecule has 0 aromatic heterocycles. The number of fused-ring (bicyclic) bond motifs is 1. The molecule has 5 heteroatoms. The number of benzene rings is 2. The van der Waals surface area contributed by atoms with Gasteiger partial charge in [0.05, 0.1) is 0 Å². The predicted molar refractivity (Wildman–Crippen MR) is 92.6 cm³/mol. The fourth-order valence-electron chi connectivity index (χ4n) is 2.58. The first kappa shape index (κ1) is 17.9. The Labute approximate surface area is 141 Å². The van der Waals surface area contributed by atoms with Gasteiger partial charge in [-0.3, -0.25) is 9.59 Å². The smallest absolute Gasteiger partial charge is 0.322 e. The predicted octanol–water partition coefficient (Wildman–Crippen LogP) is 2.75. The lowest BCUT2D eigenvalue weighted by Crippen LogP contribution is -2.45. The van der Waals surface area contributed by atoms with Gasteiger partial charge < -0.3 is 15.6 Å². The summed E-state index contributed by atoms with van der Waals surface area (Å²) in [6.07, 6.45) is 0.279. The zero-order valence-electron chi connectivity index (χ0n) is 14.2. The van der Waals surface area contributed by atoms with E-state index < -0.39 is 29.5 Å². The Kier molecular flexibility index (Phi) is 5.24. The number of nitrogens with two attached hydrogens (primary N) is 1. The number of carbonyl (C=O) groups is 2. The molecule has 0 aliphatic carbocycles. The second-order valence-electron chi connectivity index (χ2n) is 6.90. The minimum Gasteiger partial charge on any atom is -0.481 e. The molecular formula is C19H23NO4. The Hall–Kier alpha value is -2.40. The molecule has 0 heterocycles. The minimum atomic E-state index is -1.39. The first-order valence-electron chi connectivity index (χ1n) is 7.86. The van der Waals surface area contributed by atoms with Crippen LogP contribution >= 0.6 is 0 Å². The maximum Gasteiger partial charge on any atom is 0.322 e. The van der Waals surface area contributed by atoms with Gasteiger partial charge in [-0.15, -0.1) is 0 Å². The largest absolute Gasteiger partial charge is 0.481 e. The van der Waals surface area contributed by atoms with Crippen molar-refractivity contribution in [2.45, 2.75) is 38.8 Å². The van der Waals surface area contributed by atoms with Gasteiger partial charge in [0.2, 0.25) is 0 Å². The van der Waals surface area contributed by atoms with Crippen molar-refractivity contribution < 1.29 is 19.4 Å². The molecule has 128 valence electrons. The van der Waals surface area contributed by atoms with Crippen molar-refractivity contribution in [1.82, 2.24) is 0 Å². The molecule has 2 aromatic rings. The number of carbonyl (C=O) groups excluding carboxylic acids is 1. The van der Waals surface area contributed by atoms with E-state index in [1.165, 1.54) is 0 Å². The number of aliphatic carboxylic acids is 1. The fraction of sp³-hybridized carbons (Fsp3) is 0.368. The van der Waals surface area contributed by atoms with Crippen molar-refractivity contribution in [3.05, 3.63) is 48.0 Å². The number of rotatable bonds is 5. The van der Waals surface area contributed by atoms with E-state index in [9.17, 15) is 14.7 Å². The average Bonchev–Trinajstić information content (AvgIpc) is 2.44. The molecule has 2 aromatic carbocycles. The second kappa shape index (κ2) is 7.01. The van der Waals surface area contributed by atoms with Crippen molar-refractivity contribution >= 4 is 22.7 Å². The quantitative estimate of drug-likeness (QED) is 0.650. The summed E-state index contributed by atoms with van der Waals surface area (Å²) in [5, 5.41) is 11.5. The molecule has 0 aliphatic heterocycles. The number of carboxylic acid groups (broad SMARTS) is 1. The molecule has 0 amide bonds. The monoisotopic (exact) mass is 329 g/mol. The maximum atomic E-state index is 12.2. The third-order valence-corrected chi connectivity index (χ3v) is 3.64. The summed E-state index contributed by atoms with van der Waals surface area (Å²) in [5.41, 5.74) is 6.16. The molecular weight excluding hydrogens is 306 g/mol. The van der Waals surface area contributed by atoms with E-state index in [-0.39, 0.29) is 6.42 Å². The first-order valence-corrected chi connectivity index (χ1v) is 7.86. The number of hydrogen-bond acceptors (Lipinski definition) is 4. The zero-order chi connectivity index (χ0) is 17.9. The lowest BCUT2D eigenvalue weighted by molar-refractivity contribution is -0.167. The summed E-state index contributed by atoms with van der Waals surface area (Å²) in [5.74, 6) is -3.46. The number of ether oxygens (including phenoxy) is 1. The van der Waals surface area contributed by atoms with Crippen molar-refractivity contribution in [2.24, 2.45) is 11.7 Å². The summed E-state index contributed by atoms with van der Waals surface area (Å²) < 4.78 is 5.19. The molecule has 0 radical (unpaired) electrons. The summed E-state index contributed by atoms with van der Waals surface area (Å²) in [4.78, 5) is 23.7. The van der Waals surface area contributed by atoms with Gasteiger partial charge in [0.1, 0.15) is 5.60 Å². The molecule has 2 rings (SSSR count). The van der Waals surface area contributed by atoms with Crippen molar-refractivity contribution in [3.8, 4) is 0 Å². The van der Waals surface area contributed by atoms with Crippen LogP contribution in [0.5, 0.6) is 0 Å². The summed E-state index contributed by atoms with van der Waals surface area (Å²) in [6, 6.07) is 12.8. The molecule has 2 atom stereocenters. The van der Waals surface area contributed by atoms with Gasteiger partial charge in [0.15, 0.2) is 5.92 Å². The third kappa shape index (κ3) is 4.55. The van der Waals surface area contributed by atoms with Crippen LogP contribution in [-0.4, -0.2) is 28.7 Å². The summed E-state index contributed by atoms with van der Waals surface area (Å²) in [6.45, 7) is 5.08. The van der Waals surface area contributed by atoms with Crippen LogP contribution in [0.15, 0.2) is 42.5 Å². The second-order valence-corrected chi connectivity index (χ2v) is 6.90. The Morgan fingerprint density at radius 1 is 1.12 bits per heavy atom. The standard InChI is InChI=1S/C19H23NO4/c1-19(2,3)24-18(23)16(17(21)22)15(20)11-12-8-9-13-6-4-5-7-14(13)10-12/h4-10,15-16H,11,20H2,1-3H3,(H,21,22)/t15?,16-/m1/s1. The highest BCUT2D eigenvalue weighted by Gasteiger charge is 2.36. The topological polar surface area (TPSA) is 89.6 Å². The Morgan fingerprint density at radius 3 is 2.33 bits per heavy atom. The van der Waals surface area contributed by atoms with Crippen molar-refractivity contribution in [3.63, 3.8) is 0 Å². The first-order chi connectivity index (χ1) is 11.2.